The van der Waals surface area contributed by atoms with Gasteiger partial charge in [-0.15, -0.1) is 0 Å². The Balaban J connectivity index is 1.41. The summed E-state index contributed by atoms with van der Waals surface area (Å²) in [6.45, 7) is 1.26. The lowest BCUT2D eigenvalue weighted by molar-refractivity contribution is -0.130. The number of hydrogen-bond donors (Lipinski definition) is 1. The van der Waals surface area contributed by atoms with E-state index < -0.39 is 5.82 Å². The molecule has 7 heteroatoms. The molecule has 2 aromatic rings. The standard InChI is InChI=1S/C22H21F2N3O2/c23-19-5-1-16(2-6-19)4-8-22(28)27-11-9-20(10-12-27)26-29-15-17-3-7-21(24)18(13-17)14-25/h1-3,5-7,9,13,26H,4,8,10-12,15H2. The first kappa shape index (κ1) is 20.5. The lowest BCUT2D eigenvalue weighted by Crippen LogP contribution is -2.36. The van der Waals surface area contributed by atoms with Gasteiger partial charge in [0.05, 0.1) is 12.2 Å². The van der Waals surface area contributed by atoms with Gasteiger partial charge in [-0.25, -0.2) is 8.78 Å². The summed E-state index contributed by atoms with van der Waals surface area (Å²) >= 11 is 0. The van der Waals surface area contributed by atoms with Gasteiger partial charge in [-0.05, 0) is 47.9 Å². The summed E-state index contributed by atoms with van der Waals surface area (Å²) in [5.41, 5.74) is 5.33. The van der Waals surface area contributed by atoms with Crippen LogP contribution in [-0.2, 0) is 22.7 Å². The van der Waals surface area contributed by atoms with Crippen LogP contribution in [0.3, 0.4) is 0 Å². The topological polar surface area (TPSA) is 65.4 Å². The number of halogens is 2. The van der Waals surface area contributed by atoms with Gasteiger partial charge in [0.15, 0.2) is 0 Å². The van der Waals surface area contributed by atoms with Crippen LogP contribution in [0.15, 0.2) is 54.2 Å². The van der Waals surface area contributed by atoms with Crippen LogP contribution < -0.4 is 5.48 Å². The van der Waals surface area contributed by atoms with Gasteiger partial charge >= 0.3 is 0 Å². The molecule has 0 aliphatic carbocycles. The molecule has 0 unspecified atom stereocenters. The lowest BCUT2D eigenvalue weighted by Gasteiger charge is -2.27. The highest BCUT2D eigenvalue weighted by atomic mass is 19.1. The number of rotatable bonds is 7. The maximum absolute atomic E-state index is 13.3. The normalized spacial score (nSPS) is 13.6. The Morgan fingerprint density at radius 2 is 1.93 bits per heavy atom. The number of amides is 1. The number of hydrogen-bond acceptors (Lipinski definition) is 4. The molecule has 0 radical (unpaired) electrons. The zero-order valence-electron chi connectivity index (χ0n) is 15.8. The van der Waals surface area contributed by atoms with E-state index in [9.17, 15) is 13.6 Å². The number of nitrogens with one attached hydrogen (secondary N) is 1. The molecule has 1 aliphatic rings. The number of hydroxylamine groups is 1. The first-order chi connectivity index (χ1) is 14.0. The molecule has 0 atom stereocenters. The minimum Gasteiger partial charge on any atom is -0.339 e. The molecule has 0 saturated carbocycles. The Hall–Kier alpha value is -3.24. The summed E-state index contributed by atoms with van der Waals surface area (Å²) in [4.78, 5) is 19.5. The molecule has 0 saturated heterocycles. The van der Waals surface area contributed by atoms with Crippen LogP contribution in [0.2, 0.25) is 0 Å². The number of carbonyl (C=O) groups excluding carboxylic acids is 1. The summed E-state index contributed by atoms with van der Waals surface area (Å²) in [5, 5.41) is 8.85. The number of aryl methyl sites for hydroxylation is 1. The van der Waals surface area contributed by atoms with Crippen molar-refractivity contribution in [1.29, 1.82) is 5.26 Å². The number of carbonyl (C=O) groups is 1. The van der Waals surface area contributed by atoms with Crippen LogP contribution in [0, 0.1) is 23.0 Å². The van der Waals surface area contributed by atoms with E-state index in [2.05, 4.69) is 5.48 Å². The van der Waals surface area contributed by atoms with Gasteiger partial charge in [0.1, 0.15) is 17.7 Å². The zero-order valence-corrected chi connectivity index (χ0v) is 15.8. The smallest absolute Gasteiger partial charge is 0.223 e. The minimum absolute atomic E-state index is 0.0160. The van der Waals surface area contributed by atoms with Crippen molar-refractivity contribution in [3.8, 4) is 6.07 Å². The molecule has 0 aromatic heterocycles. The number of benzene rings is 2. The van der Waals surface area contributed by atoms with Gasteiger partial charge in [0.2, 0.25) is 5.91 Å². The van der Waals surface area contributed by atoms with Crippen LogP contribution >= 0.6 is 0 Å². The highest BCUT2D eigenvalue weighted by molar-refractivity contribution is 5.76. The Kier molecular flexibility index (Phi) is 6.93. The van der Waals surface area contributed by atoms with Gasteiger partial charge < -0.3 is 4.90 Å². The lowest BCUT2D eigenvalue weighted by atomic mass is 10.1. The van der Waals surface area contributed by atoms with E-state index in [1.54, 1.807) is 29.2 Å². The van der Waals surface area contributed by atoms with E-state index in [0.717, 1.165) is 11.3 Å². The average molecular weight is 397 g/mol. The van der Waals surface area contributed by atoms with Crippen molar-refractivity contribution in [3.05, 3.63) is 82.6 Å². The van der Waals surface area contributed by atoms with Gasteiger partial charge in [-0.2, -0.15) is 5.26 Å². The molecule has 1 aliphatic heterocycles. The molecule has 5 nitrogen and oxygen atoms in total. The highest BCUT2D eigenvalue weighted by Crippen LogP contribution is 2.13. The molecular formula is C22H21F2N3O2. The SMILES string of the molecule is N#Cc1cc(CONC2=CCN(C(=O)CCc3ccc(F)cc3)CC2)ccc1F. The van der Waals surface area contributed by atoms with Crippen LogP contribution in [0.4, 0.5) is 8.78 Å². The summed E-state index contributed by atoms with van der Waals surface area (Å²) < 4.78 is 26.2. The maximum Gasteiger partial charge on any atom is 0.223 e. The van der Waals surface area contributed by atoms with Crippen molar-refractivity contribution in [2.45, 2.75) is 25.9 Å². The molecule has 1 amide bonds. The second-order valence-corrected chi connectivity index (χ2v) is 6.76. The Labute approximate surface area is 168 Å². The van der Waals surface area contributed by atoms with E-state index in [1.165, 1.54) is 24.3 Å². The molecule has 1 N–H and O–H groups in total. The van der Waals surface area contributed by atoms with E-state index >= 15 is 0 Å². The molecule has 150 valence electrons. The number of nitriles is 1. The van der Waals surface area contributed by atoms with Crippen molar-refractivity contribution < 1.29 is 18.4 Å². The predicted octanol–water partition coefficient (Wildman–Crippen LogP) is 3.61. The van der Waals surface area contributed by atoms with Crippen molar-refractivity contribution in [1.82, 2.24) is 10.4 Å². The quantitative estimate of drug-likeness (QED) is 0.725. The molecule has 3 rings (SSSR count). The van der Waals surface area contributed by atoms with Crippen molar-refractivity contribution in [3.63, 3.8) is 0 Å². The molecule has 0 bridgehead atoms. The van der Waals surface area contributed by atoms with Crippen molar-refractivity contribution >= 4 is 5.91 Å². The zero-order chi connectivity index (χ0) is 20.6. The Morgan fingerprint density at radius 3 is 2.62 bits per heavy atom. The van der Waals surface area contributed by atoms with Crippen molar-refractivity contribution in [2.24, 2.45) is 0 Å². The molecule has 29 heavy (non-hydrogen) atoms. The van der Waals surface area contributed by atoms with E-state index in [1.807, 2.05) is 6.08 Å². The third-order valence-corrected chi connectivity index (χ3v) is 4.70. The molecule has 0 spiro atoms. The predicted molar refractivity (Wildman–Crippen MR) is 103 cm³/mol. The van der Waals surface area contributed by atoms with Crippen LogP contribution in [0.25, 0.3) is 0 Å². The van der Waals surface area contributed by atoms with Gasteiger partial charge in [-0.1, -0.05) is 18.2 Å². The first-order valence-electron chi connectivity index (χ1n) is 9.33. The third-order valence-electron chi connectivity index (χ3n) is 4.70. The van der Waals surface area contributed by atoms with Crippen LogP contribution in [0.1, 0.15) is 29.5 Å². The summed E-state index contributed by atoms with van der Waals surface area (Å²) in [6, 6.07) is 12.2. The molecular weight excluding hydrogens is 376 g/mol. The molecule has 0 fully saturated rings. The maximum atomic E-state index is 13.3. The second kappa shape index (κ2) is 9.80. The third kappa shape index (κ3) is 5.87. The Morgan fingerprint density at radius 1 is 1.17 bits per heavy atom. The Bertz CT molecular complexity index is 936. The van der Waals surface area contributed by atoms with E-state index in [4.69, 9.17) is 10.1 Å². The summed E-state index contributed by atoms with van der Waals surface area (Å²) in [7, 11) is 0. The van der Waals surface area contributed by atoms with Gasteiger partial charge in [0, 0.05) is 31.6 Å². The van der Waals surface area contributed by atoms with Crippen LogP contribution in [-0.4, -0.2) is 23.9 Å². The van der Waals surface area contributed by atoms with E-state index in [0.29, 0.717) is 37.9 Å². The largest absolute Gasteiger partial charge is 0.339 e. The minimum atomic E-state index is -0.552. The second-order valence-electron chi connectivity index (χ2n) is 6.76. The monoisotopic (exact) mass is 397 g/mol. The van der Waals surface area contributed by atoms with Gasteiger partial charge in [0.25, 0.3) is 0 Å². The van der Waals surface area contributed by atoms with E-state index in [-0.39, 0.29) is 23.9 Å². The molecule has 1 heterocycles. The fourth-order valence-corrected chi connectivity index (χ4v) is 3.01. The van der Waals surface area contributed by atoms with Gasteiger partial charge in [-0.3, -0.25) is 15.1 Å². The fourth-order valence-electron chi connectivity index (χ4n) is 3.01. The summed E-state index contributed by atoms with van der Waals surface area (Å²) in [6.07, 6.45) is 3.49. The summed E-state index contributed by atoms with van der Waals surface area (Å²) in [5.74, 6) is -0.780. The molecule has 2 aromatic carbocycles. The van der Waals surface area contributed by atoms with Crippen molar-refractivity contribution in [2.75, 3.05) is 13.1 Å². The fraction of sp³-hybridized carbons (Fsp3) is 0.273. The first-order valence-corrected chi connectivity index (χ1v) is 9.33. The number of nitrogens with zero attached hydrogens (tertiary/aromatic N) is 2. The average Bonchev–Trinajstić information content (AvgIpc) is 2.75. The highest BCUT2D eigenvalue weighted by Gasteiger charge is 2.17. The van der Waals surface area contributed by atoms with Crippen LogP contribution in [0.5, 0.6) is 0 Å².